The van der Waals surface area contributed by atoms with Gasteiger partial charge in [-0.05, 0) is 67.6 Å². The monoisotopic (exact) mass is 402 g/mol. The Kier molecular flexibility index (Phi) is 19.4. The fourth-order valence-corrected chi connectivity index (χ4v) is 4.65. The highest BCUT2D eigenvalue weighted by atomic mass is 35.5. The summed E-state index contributed by atoms with van der Waals surface area (Å²) in [6.07, 6.45) is 14.3. The van der Waals surface area contributed by atoms with E-state index in [1.165, 1.54) is 25.7 Å². The highest BCUT2D eigenvalue weighted by molar-refractivity contribution is 6.18. The summed E-state index contributed by atoms with van der Waals surface area (Å²) in [6, 6.07) is 0. The molecule has 0 aliphatic heterocycles. The molecule has 154 valence electrons. The third-order valence-corrected chi connectivity index (χ3v) is 6.14. The second-order valence-electron chi connectivity index (χ2n) is 6.89. The van der Waals surface area contributed by atoms with Crippen molar-refractivity contribution in [1.29, 1.82) is 0 Å². The number of hydrogen-bond donors (Lipinski definition) is 0. The third kappa shape index (κ3) is 8.96. The molecule has 0 aromatic rings. The Morgan fingerprint density at radius 1 is 0.654 bits per heavy atom. The summed E-state index contributed by atoms with van der Waals surface area (Å²) in [5.41, 5.74) is 0. The van der Waals surface area contributed by atoms with Crippen molar-refractivity contribution in [2.45, 2.75) is 54.4 Å². The lowest BCUT2D eigenvalue weighted by Gasteiger charge is -2.13. The van der Waals surface area contributed by atoms with E-state index in [0.29, 0.717) is 29.6 Å². The summed E-state index contributed by atoms with van der Waals surface area (Å²) in [6.45, 7) is 15.3. The third-order valence-electron chi connectivity index (χ3n) is 5.52. The molecule has 2 aliphatic rings. The van der Waals surface area contributed by atoms with Gasteiger partial charge in [0.1, 0.15) is 0 Å². The van der Waals surface area contributed by atoms with E-state index in [9.17, 15) is 0 Å². The topological polar surface area (TPSA) is 0 Å². The van der Waals surface area contributed by atoms with Crippen LogP contribution in [0.5, 0.6) is 0 Å². The summed E-state index contributed by atoms with van der Waals surface area (Å²) < 4.78 is 0. The predicted molar refractivity (Wildman–Crippen MR) is 126 cm³/mol. The molecule has 2 aliphatic carbocycles. The maximum absolute atomic E-state index is 5.82. The van der Waals surface area contributed by atoms with Crippen molar-refractivity contribution in [1.82, 2.24) is 0 Å². The Labute approximate surface area is 175 Å². The molecular weight excluding hydrogens is 359 g/mol. The number of allylic oxidation sites excluding steroid dienone is 4. The lowest BCUT2D eigenvalue weighted by molar-refractivity contribution is 0.446. The fraction of sp³-hybridized carbons (Fsp3) is 0.667. The minimum absolute atomic E-state index is 0. The van der Waals surface area contributed by atoms with E-state index in [0.717, 1.165) is 24.1 Å². The summed E-state index contributed by atoms with van der Waals surface area (Å²) in [5, 5.41) is 0. The van der Waals surface area contributed by atoms with Gasteiger partial charge in [-0.2, -0.15) is 0 Å². The number of rotatable bonds is 7. The molecule has 0 spiro atoms. The van der Waals surface area contributed by atoms with Crippen LogP contribution in [0.2, 0.25) is 0 Å². The van der Waals surface area contributed by atoms with E-state index in [2.05, 4.69) is 38.5 Å². The molecule has 26 heavy (non-hydrogen) atoms. The standard InChI is InChI=1S/C11H17Cl.C10H15Cl.3CH4/c1-3-9-7-10(4-2)11(8-9)5-6-12;1-3-8-5-9(4-2)10(6-8)7-11;;;/h3-4,9-11H,1-2,5-8H2;3-4,8-10H,1-2,5-7H2;3*1H4. The van der Waals surface area contributed by atoms with Crippen LogP contribution in [0.15, 0.2) is 50.6 Å². The molecule has 6 atom stereocenters. The number of halogens is 2. The van der Waals surface area contributed by atoms with Gasteiger partial charge in [0.2, 0.25) is 0 Å². The molecule has 2 fully saturated rings. The van der Waals surface area contributed by atoms with Crippen LogP contribution in [-0.4, -0.2) is 11.8 Å². The quantitative estimate of drug-likeness (QED) is 0.294. The maximum Gasteiger partial charge on any atom is 0.0257 e. The molecule has 0 aromatic carbocycles. The van der Waals surface area contributed by atoms with E-state index in [4.69, 9.17) is 23.2 Å². The van der Waals surface area contributed by atoms with E-state index in [1.807, 2.05) is 12.2 Å². The first-order chi connectivity index (χ1) is 11.1. The SMILES string of the molecule is C.C.C.C=CC1CC(C=C)C(CCCl)C1.C=CC1CC(C=C)C(CCl)C1. The Morgan fingerprint density at radius 3 is 1.38 bits per heavy atom. The van der Waals surface area contributed by atoms with Crippen molar-refractivity contribution < 1.29 is 0 Å². The molecule has 0 bridgehead atoms. The van der Waals surface area contributed by atoms with Gasteiger partial charge in [0.15, 0.2) is 0 Å². The molecule has 0 N–H and O–H groups in total. The first kappa shape index (κ1) is 30.3. The maximum atomic E-state index is 5.82. The largest absolute Gasteiger partial charge is 0.127 e. The van der Waals surface area contributed by atoms with Crippen molar-refractivity contribution in [3.8, 4) is 0 Å². The molecule has 0 heterocycles. The summed E-state index contributed by atoms with van der Waals surface area (Å²) in [4.78, 5) is 0. The molecule has 6 unspecified atom stereocenters. The highest BCUT2D eigenvalue weighted by Gasteiger charge is 2.30. The van der Waals surface area contributed by atoms with Gasteiger partial charge in [0.25, 0.3) is 0 Å². The normalized spacial score (nSPS) is 31.8. The minimum atomic E-state index is 0. The van der Waals surface area contributed by atoms with Gasteiger partial charge in [-0.1, -0.05) is 46.6 Å². The number of hydrogen-bond acceptors (Lipinski definition) is 0. The van der Waals surface area contributed by atoms with Crippen LogP contribution in [-0.2, 0) is 0 Å². The van der Waals surface area contributed by atoms with Gasteiger partial charge < -0.3 is 0 Å². The fourth-order valence-electron chi connectivity index (χ4n) is 4.02. The zero-order valence-electron chi connectivity index (χ0n) is 14.3. The van der Waals surface area contributed by atoms with Gasteiger partial charge >= 0.3 is 0 Å². The van der Waals surface area contributed by atoms with Gasteiger partial charge in [0.05, 0.1) is 0 Å². The van der Waals surface area contributed by atoms with Crippen LogP contribution in [0.1, 0.15) is 54.4 Å². The molecule has 0 aromatic heterocycles. The van der Waals surface area contributed by atoms with Gasteiger partial charge in [0, 0.05) is 11.8 Å². The lowest BCUT2D eigenvalue weighted by atomic mass is 9.94. The molecule has 2 heteroatoms. The summed E-state index contributed by atoms with van der Waals surface area (Å²) in [7, 11) is 0. The van der Waals surface area contributed by atoms with Crippen molar-refractivity contribution in [3.63, 3.8) is 0 Å². The minimum Gasteiger partial charge on any atom is -0.127 e. The Hall–Kier alpha value is -0.460. The highest BCUT2D eigenvalue weighted by Crippen LogP contribution is 2.39. The Balaban J connectivity index is -0.000000366. The summed E-state index contributed by atoms with van der Waals surface area (Å²) in [5.74, 6) is 5.59. The van der Waals surface area contributed by atoms with Crippen LogP contribution in [0, 0.1) is 35.5 Å². The Morgan fingerprint density at radius 2 is 1.08 bits per heavy atom. The smallest absolute Gasteiger partial charge is 0.0257 e. The van der Waals surface area contributed by atoms with E-state index in [1.54, 1.807) is 0 Å². The molecule has 2 saturated carbocycles. The second-order valence-corrected chi connectivity index (χ2v) is 7.57. The van der Waals surface area contributed by atoms with Crippen LogP contribution in [0.25, 0.3) is 0 Å². The molecule has 0 nitrogen and oxygen atoms in total. The van der Waals surface area contributed by atoms with Crippen LogP contribution in [0.3, 0.4) is 0 Å². The second kappa shape index (κ2) is 16.7. The zero-order chi connectivity index (χ0) is 17.2. The van der Waals surface area contributed by atoms with Gasteiger partial charge in [-0.25, -0.2) is 0 Å². The van der Waals surface area contributed by atoms with E-state index in [-0.39, 0.29) is 22.3 Å². The van der Waals surface area contributed by atoms with Crippen molar-refractivity contribution >= 4 is 23.2 Å². The van der Waals surface area contributed by atoms with Gasteiger partial charge in [-0.15, -0.1) is 49.5 Å². The molecule has 0 radical (unpaired) electrons. The van der Waals surface area contributed by atoms with E-state index >= 15 is 0 Å². The average molecular weight is 404 g/mol. The van der Waals surface area contributed by atoms with E-state index < -0.39 is 0 Å². The first-order valence-corrected chi connectivity index (χ1v) is 9.82. The molecule has 2 rings (SSSR count). The molecule has 0 amide bonds. The van der Waals surface area contributed by atoms with Crippen molar-refractivity contribution in [2.24, 2.45) is 35.5 Å². The van der Waals surface area contributed by atoms with Crippen molar-refractivity contribution in [3.05, 3.63) is 50.6 Å². The zero-order valence-corrected chi connectivity index (χ0v) is 15.8. The summed E-state index contributed by atoms with van der Waals surface area (Å²) >= 11 is 11.6. The predicted octanol–water partition coefficient (Wildman–Crippen LogP) is 8.78. The first-order valence-electron chi connectivity index (χ1n) is 8.75. The average Bonchev–Trinajstić information content (AvgIpc) is 3.18. The van der Waals surface area contributed by atoms with Gasteiger partial charge in [-0.3, -0.25) is 0 Å². The van der Waals surface area contributed by atoms with Crippen LogP contribution >= 0.6 is 23.2 Å². The lowest BCUT2D eigenvalue weighted by Crippen LogP contribution is -2.05. The Bertz CT molecular complexity index is 388. The number of alkyl halides is 2. The molecule has 0 saturated heterocycles. The van der Waals surface area contributed by atoms with Crippen LogP contribution in [0.4, 0.5) is 0 Å². The molecular formula is C24H44Cl2. The van der Waals surface area contributed by atoms with Crippen LogP contribution < -0.4 is 0 Å². The van der Waals surface area contributed by atoms with Crippen molar-refractivity contribution in [2.75, 3.05) is 11.8 Å².